The number of hydrogen-bond donors (Lipinski definition) is 1. The van der Waals surface area contributed by atoms with Crippen molar-refractivity contribution in [2.75, 3.05) is 0 Å². The standard InChI is InChI=1S/C16H22N4O/c1-5-13-11-17-9-7-14(13)12(2)19-15(21)16(3,4)20-10-6-8-18-20/h6-12H,5H2,1-4H3,(H,19,21). The van der Waals surface area contributed by atoms with Crippen LogP contribution in [0.4, 0.5) is 0 Å². The number of aryl methyl sites for hydroxylation is 1. The van der Waals surface area contributed by atoms with Crippen LogP contribution in [-0.4, -0.2) is 20.7 Å². The quantitative estimate of drug-likeness (QED) is 0.918. The highest BCUT2D eigenvalue weighted by Gasteiger charge is 2.31. The van der Waals surface area contributed by atoms with Gasteiger partial charge in [-0.25, -0.2) is 0 Å². The fraction of sp³-hybridized carbons (Fsp3) is 0.438. The van der Waals surface area contributed by atoms with Crippen molar-refractivity contribution in [2.45, 2.75) is 45.7 Å². The van der Waals surface area contributed by atoms with Crippen molar-refractivity contribution in [1.82, 2.24) is 20.1 Å². The maximum atomic E-state index is 12.6. The van der Waals surface area contributed by atoms with Gasteiger partial charge >= 0.3 is 0 Å². The van der Waals surface area contributed by atoms with Gasteiger partial charge in [0.1, 0.15) is 5.54 Å². The van der Waals surface area contributed by atoms with Gasteiger partial charge in [-0.2, -0.15) is 5.10 Å². The highest BCUT2D eigenvalue weighted by atomic mass is 16.2. The molecule has 2 rings (SSSR count). The molecule has 0 radical (unpaired) electrons. The van der Waals surface area contributed by atoms with E-state index in [9.17, 15) is 4.79 Å². The Bertz CT molecular complexity index is 604. The molecule has 1 atom stereocenters. The molecule has 1 unspecified atom stereocenters. The molecule has 2 aromatic heterocycles. The number of pyridine rings is 1. The number of hydrogen-bond acceptors (Lipinski definition) is 3. The molecule has 0 aliphatic heterocycles. The smallest absolute Gasteiger partial charge is 0.247 e. The third-order valence-electron chi connectivity index (χ3n) is 3.77. The van der Waals surface area contributed by atoms with Crippen molar-refractivity contribution >= 4 is 5.91 Å². The Balaban J connectivity index is 2.16. The minimum atomic E-state index is -0.725. The molecule has 0 bridgehead atoms. The molecule has 2 aromatic rings. The number of aromatic nitrogens is 3. The van der Waals surface area contributed by atoms with Gasteiger partial charge < -0.3 is 5.32 Å². The largest absolute Gasteiger partial charge is 0.347 e. The van der Waals surface area contributed by atoms with Crippen LogP contribution in [0.1, 0.15) is 44.9 Å². The maximum absolute atomic E-state index is 12.6. The molecule has 0 fully saturated rings. The summed E-state index contributed by atoms with van der Waals surface area (Å²) < 4.78 is 1.67. The second-order valence-corrected chi connectivity index (χ2v) is 5.63. The van der Waals surface area contributed by atoms with Gasteiger partial charge in [0.15, 0.2) is 0 Å². The first kappa shape index (κ1) is 15.2. The monoisotopic (exact) mass is 286 g/mol. The predicted octanol–water partition coefficient (Wildman–Crippen LogP) is 2.45. The maximum Gasteiger partial charge on any atom is 0.247 e. The van der Waals surface area contributed by atoms with E-state index in [1.54, 1.807) is 23.3 Å². The molecule has 0 spiro atoms. The van der Waals surface area contributed by atoms with Crippen LogP contribution in [0.2, 0.25) is 0 Å². The summed E-state index contributed by atoms with van der Waals surface area (Å²) in [5, 5.41) is 7.24. The van der Waals surface area contributed by atoms with E-state index in [1.807, 2.05) is 39.1 Å². The number of nitrogens with zero attached hydrogens (tertiary/aromatic N) is 3. The summed E-state index contributed by atoms with van der Waals surface area (Å²) in [7, 11) is 0. The van der Waals surface area contributed by atoms with Gasteiger partial charge in [-0.1, -0.05) is 6.92 Å². The minimum Gasteiger partial charge on any atom is -0.347 e. The summed E-state index contributed by atoms with van der Waals surface area (Å²) in [4.78, 5) is 16.7. The van der Waals surface area contributed by atoms with Crippen molar-refractivity contribution in [1.29, 1.82) is 0 Å². The lowest BCUT2D eigenvalue weighted by atomic mass is 9.99. The van der Waals surface area contributed by atoms with Gasteiger partial charge in [-0.3, -0.25) is 14.5 Å². The zero-order valence-electron chi connectivity index (χ0n) is 13.0. The van der Waals surface area contributed by atoms with Gasteiger partial charge in [0.25, 0.3) is 0 Å². The highest BCUT2D eigenvalue weighted by Crippen LogP contribution is 2.20. The molecule has 0 aliphatic rings. The lowest BCUT2D eigenvalue weighted by Crippen LogP contribution is -2.45. The molecule has 112 valence electrons. The van der Waals surface area contributed by atoms with E-state index in [1.165, 1.54) is 0 Å². The fourth-order valence-corrected chi connectivity index (χ4v) is 2.31. The Labute approximate surface area is 125 Å². The average molecular weight is 286 g/mol. The molecule has 5 nitrogen and oxygen atoms in total. The van der Waals surface area contributed by atoms with Crippen molar-refractivity contribution in [3.63, 3.8) is 0 Å². The zero-order valence-corrected chi connectivity index (χ0v) is 13.0. The van der Waals surface area contributed by atoms with E-state index in [0.29, 0.717) is 0 Å². The topological polar surface area (TPSA) is 59.8 Å². The number of carbonyl (C=O) groups excluding carboxylic acids is 1. The van der Waals surface area contributed by atoms with E-state index in [4.69, 9.17) is 0 Å². The summed E-state index contributed by atoms with van der Waals surface area (Å²) in [5.74, 6) is -0.0578. The zero-order chi connectivity index (χ0) is 15.5. The number of amides is 1. The van der Waals surface area contributed by atoms with E-state index >= 15 is 0 Å². The number of carbonyl (C=O) groups is 1. The first-order valence-electron chi connectivity index (χ1n) is 7.20. The van der Waals surface area contributed by atoms with Crippen LogP contribution >= 0.6 is 0 Å². The molecule has 5 heteroatoms. The van der Waals surface area contributed by atoms with Crippen LogP contribution in [0.5, 0.6) is 0 Å². The van der Waals surface area contributed by atoms with Gasteiger partial charge in [-0.15, -0.1) is 0 Å². The van der Waals surface area contributed by atoms with Crippen LogP contribution in [0.25, 0.3) is 0 Å². The third kappa shape index (κ3) is 3.12. The second-order valence-electron chi connectivity index (χ2n) is 5.63. The summed E-state index contributed by atoms with van der Waals surface area (Å²) in [6.07, 6.45) is 7.99. The second kappa shape index (κ2) is 6.08. The van der Waals surface area contributed by atoms with Crippen LogP contribution in [0.15, 0.2) is 36.9 Å². The van der Waals surface area contributed by atoms with Crippen molar-refractivity contribution in [3.05, 3.63) is 48.0 Å². The molecule has 21 heavy (non-hydrogen) atoms. The van der Waals surface area contributed by atoms with Gasteiger partial charge in [0.2, 0.25) is 5.91 Å². The van der Waals surface area contributed by atoms with E-state index in [-0.39, 0.29) is 11.9 Å². The summed E-state index contributed by atoms with van der Waals surface area (Å²) in [6.45, 7) is 7.79. The van der Waals surface area contributed by atoms with E-state index < -0.39 is 5.54 Å². The molecule has 0 aliphatic carbocycles. The Hall–Kier alpha value is -2.17. The van der Waals surface area contributed by atoms with Gasteiger partial charge in [-0.05, 0) is 50.5 Å². The highest BCUT2D eigenvalue weighted by molar-refractivity contribution is 5.83. The minimum absolute atomic E-state index is 0.0578. The molecule has 1 N–H and O–H groups in total. The Kier molecular flexibility index (Phi) is 4.40. The van der Waals surface area contributed by atoms with Crippen LogP contribution in [-0.2, 0) is 16.8 Å². The Morgan fingerprint density at radius 2 is 2.19 bits per heavy atom. The van der Waals surface area contributed by atoms with Crippen LogP contribution in [0.3, 0.4) is 0 Å². The first-order valence-corrected chi connectivity index (χ1v) is 7.20. The molecule has 0 aromatic carbocycles. The molecule has 0 saturated carbocycles. The Morgan fingerprint density at radius 1 is 1.43 bits per heavy atom. The van der Waals surface area contributed by atoms with Crippen LogP contribution in [0, 0.1) is 0 Å². The van der Waals surface area contributed by atoms with Gasteiger partial charge in [0.05, 0.1) is 6.04 Å². The molecule has 2 heterocycles. The Morgan fingerprint density at radius 3 is 2.81 bits per heavy atom. The van der Waals surface area contributed by atoms with Crippen molar-refractivity contribution < 1.29 is 4.79 Å². The predicted molar refractivity (Wildman–Crippen MR) is 81.7 cm³/mol. The first-order chi connectivity index (χ1) is 9.96. The normalized spacial score (nSPS) is 13.0. The van der Waals surface area contributed by atoms with E-state index in [0.717, 1.165) is 17.5 Å². The fourth-order valence-electron chi connectivity index (χ4n) is 2.31. The lowest BCUT2D eigenvalue weighted by molar-refractivity contribution is -0.129. The van der Waals surface area contributed by atoms with Crippen LogP contribution < -0.4 is 5.32 Å². The third-order valence-corrected chi connectivity index (χ3v) is 3.77. The lowest BCUT2D eigenvalue weighted by Gasteiger charge is -2.27. The average Bonchev–Trinajstić information content (AvgIpc) is 3.01. The number of rotatable bonds is 5. The molecule has 0 saturated heterocycles. The molecule has 1 amide bonds. The summed E-state index contributed by atoms with van der Waals surface area (Å²) in [6, 6.07) is 3.71. The van der Waals surface area contributed by atoms with Crippen molar-refractivity contribution in [3.8, 4) is 0 Å². The summed E-state index contributed by atoms with van der Waals surface area (Å²) in [5.41, 5.74) is 1.54. The molecular formula is C16H22N4O. The number of nitrogens with one attached hydrogen (secondary N) is 1. The van der Waals surface area contributed by atoms with Crippen molar-refractivity contribution in [2.24, 2.45) is 0 Å². The molecular weight excluding hydrogens is 264 g/mol. The van der Waals surface area contributed by atoms with Gasteiger partial charge in [0, 0.05) is 24.8 Å². The summed E-state index contributed by atoms with van der Waals surface area (Å²) >= 11 is 0. The van der Waals surface area contributed by atoms with E-state index in [2.05, 4.69) is 22.3 Å². The SMILES string of the molecule is CCc1cnccc1C(C)NC(=O)C(C)(C)n1cccn1.